The fourth-order valence-corrected chi connectivity index (χ4v) is 6.74. The molecule has 29 heavy (non-hydrogen) atoms. The van der Waals surface area contributed by atoms with E-state index in [1.165, 1.54) is 48.1 Å². The highest BCUT2D eigenvalue weighted by atomic mass is 16.4. The maximum Gasteiger partial charge on any atom is 0.335 e. The van der Waals surface area contributed by atoms with Crippen molar-refractivity contribution in [1.82, 2.24) is 0 Å². The number of aromatic carboxylic acids is 1. The molecule has 0 bridgehead atoms. The molecule has 3 nitrogen and oxygen atoms in total. The normalized spacial score (nSPS) is 31.7. The lowest BCUT2D eigenvalue weighted by atomic mass is 9.66. The van der Waals surface area contributed by atoms with Gasteiger partial charge in [0, 0.05) is 18.2 Å². The highest BCUT2D eigenvalue weighted by molar-refractivity contribution is 5.90. The number of hydrogen-bond donors (Lipinski definition) is 1. The van der Waals surface area contributed by atoms with Crippen molar-refractivity contribution in [3.63, 3.8) is 0 Å². The van der Waals surface area contributed by atoms with Gasteiger partial charge in [-0.2, -0.15) is 0 Å². The molecule has 2 aliphatic heterocycles. The molecule has 1 N–H and O–H groups in total. The van der Waals surface area contributed by atoms with Crippen molar-refractivity contribution < 1.29 is 9.90 Å². The average Bonchev–Trinajstić information content (AvgIpc) is 3.24. The molecule has 2 aromatic carbocycles. The molecule has 0 unspecified atom stereocenters. The summed E-state index contributed by atoms with van der Waals surface area (Å²) in [7, 11) is 0. The second-order valence-corrected chi connectivity index (χ2v) is 9.32. The summed E-state index contributed by atoms with van der Waals surface area (Å²) in [6.07, 6.45) is 10.8. The molecule has 148 valence electrons. The van der Waals surface area contributed by atoms with E-state index >= 15 is 0 Å². The summed E-state index contributed by atoms with van der Waals surface area (Å²) in [5, 5.41) is 9.83. The summed E-state index contributed by atoms with van der Waals surface area (Å²) in [5.74, 6) is 1.18. The molecule has 0 amide bonds. The van der Waals surface area contributed by atoms with E-state index in [9.17, 15) is 9.90 Å². The highest BCUT2D eigenvalue weighted by Gasteiger charge is 2.48. The minimum Gasteiger partial charge on any atom is -0.478 e. The SMILES string of the molecule is O=C(O)c1cc2c3c(c1)[C@@H]1CCCC[C@@H]1CN3[C@H](c1ccccc1)[C@@H]1CC=C[C@H]21. The van der Waals surface area contributed by atoms with Crippen molar-refractivity contribution >= 4 is 11.7 Å². The van der Waals surface area contributed by atoms with Gasteiger partial charge in [-0.05, 0) is 65.8 Å². The van der Waals surface area contributed by atoms with Crippen LogP contribution in [0.4, 0.5) is 5.69 Å². The van der Waals surface area contributed by atoms with Gasteiger partial charge in [-0.1, -0.05) is 55.3 Å². The lowest BCUT2D eigenvalue weighted by Crippen LogP contribution is -2.47. The van der Waals surface area contributed by atoms with Gasteiger partial charge >= 0.3 is 5.97 Å². The summed E-state index contributed by atoms with van der Waals surface area (Å²) < 4.78 is 0. The first kappa shape index (κ1) is 17.3. The Bertz CT molecular complexity index is 995. The largest absolute Gasteiger partial charge is 0.478 e. The fourth-order valence-electron chi connectivity index (χ4n) is 6.74. The van der Waals surface area contributed by atoms with Crippen LogP contribution in [0.3, 0.4) is 0 Å². The Hall–Kier alpha value is -2.55. The lowest BCUT2D eigenvalue weighted by molar-refractivity contribution is 0.0696. The van der Waals surface area contributed by atoms with Crippen molar-refractivity contribution in [1.29, 1.82) is 0 Å². The van der Waals surface area contributed by atoms with Gasteiger partial charge in [0.2, 0.25) is 0 Å². The standard InChI is InChI=1S/C26H27NO2/c28-26(29)18-13-22-19-10-5-4-9-17(19)15-27-24(16-7-2-1-3-8-16)21-12-6-11-20(21)23(14-18)25(22)27/h1-3,6-8,11,13-14,17,19-21,24H,4-5,9-10,12,15H2,(H,28,29)/t17-,19-,20+,21-,24-/m1/s1. The molecule has 5 atom stereocenters. The van der Waals surface area contributed by atoms with Gasteiger partial charge in [-0.15, -0.1) is 0 Å². The van der Waals surface area contributed by atoms with Crippen molar-refractivity contribution in [3.05, 3.63) is 76.9 Å². The van der Waals surface area contributed by atoms with Crippen LogP contribution in [-0.2, 0) is 0 Å². The Morgan fingerprint density at radius 3 is 2.66 bits per heavy atom. The maximum atomic E-state index is 12.0. The van der Waals surface area contributed by atoms with E-state index in [1.54, 1.807) is 0 Å². The van der Waals surface area contributed by atoms with E-state index in [-0.39, 0.29) is 0 Å². The minimum absolute atomic E-state index is 0.324. The maximum absolute atomic E-state index is 12.0. The first-order chi connectivity index (χ1) is 14.2. The average molecular weight is 386 g/mol. The Morgan fingerprint density at radius 1 is 1.03 bits per heavy atom. The predicted molar refractivity (Wildman–Crippen MR) is 115 cm³/mol. The topological polar surface area (TPSA) is 40.5 Å². The summed E-state index contributed by atoms with van der Waals surface area (Å²) in [5.41, 5.74) is 5.81. The summed E-state index contributed by atoms with van der Waals surface area (Å²) >= 11 is 0. The van der Waals surface area contributed by atoms with Crippen molar-refractivity contribution in [2.24, 2.45) is 11.8 Å². The Labute approximate surface area is 172 Å². The van der Waals surface area contributed by atoms with Crippen LogP contribution in [0.5, 0.6) is 0 Å². The minimum atomic E-state index is -0.794. The van der Waals surface area contributed by atoms with E-state index in [4.69, 9.17) is 0 Å². The van der Waals surface area contributed by atoms with Gasteiger partial charge in [0.1, 0.15) is 0 Å². The number of carboxylic acid groups (broad SMARTS) is 1. The molecular weight excluding hydrogens is 358 g/mol. The van der Waals surface area contributed by atoms with Gasteiger partial charge in [-0.3, -0.25) is 0 Å². The summed E-state index contributed by atoms with van der Waals surface area (Å²) in [6, 6.07) is 15.3. The monoisotopic (exact) mass is 385 g/mol. The van der Waals surface area contributed by atoms with Gasteiger partial charge in [0.15, 0.2) is 0 Å². The fraction of sp³-hybridized carbons (Fsp3) is 0.423. The zero-order chi connectivity index (χ0) is 19.5. The molecular formula is C26H27NO2. The van der Waals surface area contributed by atoms with E-state index < -0.39 is 5.97 Å². The first-order valence-corrected chi connectivity index (χ1v) is 11.1. The second-order valence-electron chi connectivity index (χ2n) is 9.32. The van der Waals surface area contributed by atoms with Crippen LogP contribution in [0.1, 0.15) is 77.0 Å². The Morgan fingerprint density at radius 2 is 1.83 bits per heavy atom. The molecule has 0 saturated heterocycles. The number of carboxylic acids is 1. The number of fused-ring (bicyclic) bond motifs is 4. The molecule has 6 rings (SSSR count). The molecule has 3 heteroatoms. The van der Waals surface area contributed by atoms with Gasteiger partial charge in [0.25, 0.3) is 0 Å². The van der Waals surface area contributed by atoms with E-state index in [2.05, 4.69) is 47.4 Å². The highest BCUT2D eigenvalue weighted by Crippen LogP contribution is 2.59. The molecule has 0 aromatic heterocycles. The molecule has 0 radical (unpaired) electrons. The molecule has 2 heterocycles. The van der Waals surface area contributed by atoms with Gasteiger partial charge < -0.3 is 10.0 Å². The van der Waals surface area contributed by atoms with Crippen LogP contribution in [0.15, 0.2) is 54.6 Å². The number of carbonyl (C=O) groups is 1. The molecule has 0 spiro atoms. The number of nitrogens with zero attached hydrogens (tertiary/aromatic N) is 1. The van der Waals surface area contributed by atoms with Crippen LogP contribution in [0.2, 0.25) is 0 Å². The quantitative estimate of drug-likeness (QED) is 0.655. The summed E-state index contributed by atoms with van der Waals surface area (Å²) in [6.45, 7) is 1.11. The van der Waals surface area contributed by atoms with Gasteiger partial charge in [0.05, 0.1) is 11.6 Å². The lowest BCUT2D eigenvalue weighted by Gasteiger charge is -2.53. The molecule has 2 aromatic rings. The number of allylic oxidation sites excluding steroid dienone is 2. The molecule has 4 aliphatic rings. The molecule has 1 saturated carbocycles. The third-order valence-corrected chi connectivity index (χ3v) is 7.90. The second kappa shape index (κ2) is 6.48. The third-order valence-electron chi connectivity index (χ3n) is 7.90. The molecule has 1 fully saturated rings. The van der Waals surface area contributed by atoms with Crippen molar-refractivity contribution in [3.8, 4) is 0 Å². The van der Waals surface area contributed by atoms with Crippen LogP contribution in [-0.4, -0.2) is 17.6 Å². The van der Waals surface area contributed by atoms with Crippen LogP contribution >= 0.6 is 0 Å². The van der Waals surface area contributed by atoms with E-state index in [0.29, 0.717) is 35.3 Å². The smallest absolute Gasteiger partial charge is 0.335 e. The number of benzene rings is 2. The van der Waals surface area contributed by atoms with Crippen LogP contribution in [0.25, 0.3) is 0 Å². The number of rotatable bonds is 2. The third kappa shape index (κ3) is 2.52. The van der Waals surface area contributed by atoms with Crippen LogP contribution in [0, 0.1) is 11.8 Å². The summed E-state index contributed by atoms with van der Waals surface area (Å²) in [4.78, 5) is 14.6. The first-order valence-electron chi connectivity index (χ1n) is 11.1. The van der Waals surface area contributed by atoms with E-state index in [0.717, 1.165) is 13.0 Å². The Kier molecular flexibility index (Phi) is 3.87. The zero-order valence-electron chi connectivity index (χ0n) is 16.6. The zero-order valence-corrected chi connectivity index (χ0v) is 16.6. The molecule has 2 aliphatic carbocycles. The number of anilines is 1. The van der Waals surface area contributed by atoms with Crippen molar-refractivity contribution in [2.45, 2.75) is 50.0 Å². The van der Waals surface area contributed by atoms with Crippen LogP contribution < -0.4 is 4.90 Å². The van der Waals surface area contributed by atoms with Gasteiger partial charge in [-0.25, -0.2) is 4.79 Å². The van der Waals surface area contributed by atoms with Crippen molar-refractivity contribution in [2.75, 3.05) is 11.4 Å². The Balaban J connectivity index is 1.60. The van der Waals surface area contributed by atoms with E-state index in [1.807, 2.05) is 12.1 Å². The predicted octanol–water partition coefficient (Wildman–Crippen LogP) is 5.89. The number of hydrogen-bond acceptors (Lipinski definition) is 2.